The molecular formula is C6H13ClO2SSi. The lowest BCUT2D eigenvalue weighted by Gasteiger charge is -2.28. The molecule has 5 heteroatoms. The smallest absolute Gasteiger partial charge is 0.197 e. The third-order valence-corrected chi connectivity index (χ3v) is 3.76. The van der Waals surface area contributed by atoms with Crippen LogP contribution in [0.1, 0.15) is 12.8 Å². The van der Waals surface area contributed by atoms with Crippen molar-refractivity contribution >= 4 is 32.3 Å². The third kappa shape index (κ3) is 3.80. The second-order valence-corrected chi connectivity index (χ2v) is 4.10. The summed E-state index contributed by atoms with van der Waals surface area (Å²) in [4.78, 5) is 0. The number of rotatable bonds is 6. The maximum absolute atomic E-state index is 5.55. The SMILES string of the molecule is COC(CCCCl)(OC)[Si]S. The van der Waals surface area contributed by atoms with E-state index in [4.69, 9.17) is 21.1 Å². The van der Waals surface area contributed by atoms with Crippen LogP contribution in [0.15, 0.2) is 0 Å². The first kappa shape index (κ1) is 11.8. The minimum absolute atomic E-state index is 0.320. The lowest BCUT2D eigenvalue weighted by molar-refractivity contribution is -0.146. The monoisotopic (exact) mass is 212 g/mol. The van der Waals surface area contributed by atoms with Crippen molar-refractivity contribution in [2.75, 3.05) is 20.1 Å². The molecule has 0 atom stereocenters. The number of thiol groups is 1. The van der Waals surface area contributed by atoms with Gasteiger partial charge in [-0.1, -0.05) is 0 Å². The van der Waals surface area contributed by atoms with E-state index in [1.807, 2.05) is 0 Å². The Labute approximate surface area is 80.5 Å². The Balaban J connectivity index is 3.84. The molecule has 0 unspecified atom stereocenters. The molecule has 2 nitrogen and oxygen atoms in total. The van der Waals surface area contributed by atoms with Crippen LogP contribution < -0.4 is 0 Å². The third-order valence-electron chi connectivity index (χ3n) is 1.47. The molecule has 0 aromatic heterocycles. The molecule has 0 bridgehead atoms. The number of ether oxygens (including phenoxy) is 2. The minimum atomic E-state index is -0.516. The Morgan fingerprint density at radius 1 is 1.45 bits per heavy atom. The van der Waals surface area contributed by atoms with Crippen molar-refractivity contribution in [3.8, 4) is 0 Å². The van der Waals surface area contributed by atoms with E-state index in [0.29, 0.717) is 14.5 Å². The van der Waals surface area contributed by atoms with E-state index in [-0.39, 0.29) is 0 Å². The first-order valence-corrected chi connectivity index (χ1v) is 6.14. The van der Waals surface area contributed by atoms with E-state index in [2.05, 4.69) is 12.1 Å². The van der Waals surface area contributed by atoms with Crippen LogP contribution in [0.4, 0.5) is 0 Å². The Hall–Kier alpha value is 0.777. The van der Waals surface area contributed by atoms with Crippen LogP contribution in [0.2, 0.25) is 0 Å². The molecule has 2 radical (unpaired) electrons. The number of alkyl halides is 1. The number of methoxy groups -OCH3 is 2. The molecule has 66 valence electrons. The zero-order valence-electron chi connectivity index (χ0n) is 6.76. The van der Waals surface area contributed by atoms with Crippen molar-refractivity contribution in [3.63, 3.8) is 0 Å². The fraction of sp³-hybridized carbons (Fsp3) is 1.00. The molecular weight excluding hydrogens is 200 g/mol. The first-order chi connectivity index (χ1) is 5.24. The van der Waals surface area contributed by atoms with Crippen molar-refractivity contribution < 1.29 is 9.47 Å². The maximum Gasteiger partial charge on any atom is 0.197 e. The van der Waals surface area contributed by atoms with E-state index in [0.717, 1.165) is 12.8 Å². The Morgan fingerprint density at radius 2 is 2.00 bits per heavy atom. The summed E-state index contributed by atoms with van der Waals surface area (Å²) >= 11 is 9.71. The van der Waals surface area contributed by atoms with Gasteiger partial charge in [-0.25, -0.2) is 0 Å². The van der Waals surface area contributed by atoms with Crippen LogP contribution in [-0.2, 0) is 9.47 Å². The molecule has 0 aromatic rings. The summed E-state index contributed by atoms with van der Waals surface area (Å²) in [5, 5.41) is 0. The molecule has 0 aliphatic heterocycles. The molecule has 0 saturated heterocycles. The average molecular weight is 213 g/mol. The summed E-state index contributed by atoms with van der Waals surface area (Å²) < 4.78 is 10.4. The van der Waals surface area contributed by atoms with E-state index < -0.39 is 5.41 Å². The quantitative estimate of drug-likeness (QED) is 0.312. The van der Waals surface area contributed by atoms with Gasteiger partial charge in [0.15, 0.2) is 14.1 Å². The molecule has 0 spiro atoms. The molecule has 0 aliphatic carbocycles. The van der Waals surface area contributed by atoms with Crippen LogP contribution in [0, 0.1) is 0 Å². The Morgan fingerprint density at radius 3 is 2.27 bits per heavy atom. The number of halogens is 1. The molecule has 0 amide bonds. The standard InChI is InChI=1S/C6H13ClO2SSi/c1-8-6(9-2,11-10)4-3-5-7/h10H,3-5H2,1-2H3. The van der Waals surface area contributed by atoms with Gasteiger partial charge in [0.2, 0.25) is 0 Å². The highest BCUT2D eigenvalue weighted by atomic mass is 35.5. The van der Waals surface area contributed by atoms with Gasteiger partial charge in [0.05, 0.1) is 0 Å². The second kappa shape index (κ2) is 6.31. The largest absolute Gasteiger partial charge is 0.356 e. The zero-order valence-corrected chi connectivity index (χ0v) is 9.41. The summed E-state index contributed by atoms with van der Waals surface area (Å²) in [7, 11) is 3.57. The second-order valence-electron chi connectivity index (χ2n) is 2.07. The minimum Gasteiger partial charge on any atom is -0.356 e. The predicted molar refractivity (Wildman–Crippen MR) is 51.4 cm³/mol. The highest BCUT2D eigenvalue weighted by molar-refractivity contribution is 8.07. The van der Waals surface area contributed by atoms with Gasteiger partial charge < -0.3 is 9.47 Å². The van der Waals surface area contributed by atoms with Crippen LogP contribution in [0.3, 0.4) is 0 Å². The summed E-state index contributed by atoms with van der Waals surface area (Å²) in [6.45, 7) is 0. The van der Waals surface area contributed by atoms with Crippen molar-refractivity contribution in [2.45, 2.75) is 18.3 Å². The Bertz CT molecular complexity index is 92.3. The molecule has 0 N–H and O–H groups in total. The topological polar surface area (TPSA) is 18.5 Å². The number of hydrogen-bond donors (Lipinski definition) is 1. The summed E-state index contributed by atoms with van der Waals surface area (Å²) in [6.07, 6.45) is 1.68. The normalized spacial score (nSPS) is 12.0. The fourth-order valence-electron chi connectivity index (χ4n) is 0.734. The van der Waals surface area contributed by atoms with E-state index in [9.17, 15) is 0 Å². The lowest BCUT2D eigenvalue weighted by atomic mass is 10.3. The van der Waals surface area contributed by atoms with Gasteiger partial charge in [-0.3, -0.25) is 0 Å². The maximum atomic E-state index is 5.55. The van der Waals surface area contributed by atoms with E-state index in [1.54, 1.807) is 14.2 Å². The number of hydrogen-bond acceptors (Lipinski definition) is 3. The molecule has 0 aromatic carbocycles. The first-order valence-electron chi connectivity index (χ1n) is 3.32. The van der Waals surface area contributed by atoms with E-state index >= 15 is 0 Å². The lowest BCUT2D eigenvalue weighted by Crippen LogP contribution is -2.38. The van der Waals surface area contributed by atoms with Crippen molar-refractivity contribution in [2.24, 2.45) is 0 Å². The van der Waals surface area contributed by atoms with Crippen molar-refractivity contribution in [3.05, 3.63) is 0 Å². The highest BCUT2D eigenvalue weighted by Gasteiger charge is 2.27. The molecule has 0 fully saturated rings. The predicted octanol–water partition coefficient (Wildman–Crippen LogP) is 1.50. The van der Waals surface area contributed by atoms with Gasteiger partial charge in [-0.05, 0) is 12.8 Å². The summed E-state index contributed by atoms with van der Waals surface area (Å²) in [5.41, 5.74) is -0.516. The van der Waals surface area contributed by atoms with Gasteiger partial charge in [-0.2, -0.15) is 12.1 Å². The van der Waals surface area contributed by atoms with Crippen molar-refractivity contribution in [1.29, 1.82) is 0 Å². The van der Waals surface area contributed by atoms with Gasteiger partial charge in [-0.15, -0.1) is 11.6 Å². The average Bonchev–Trinajstić information content (AvgIpc) is 2.08. The Kier molecular flexibility index (Phi) is 6.76. The van der Waals surface area contributed by atoms with Crippen LogP contribution in [0.25, 0.3) is 0 Å². The zero-order chi connectivity index (χ0) is 8.74. The van der Waals surface area contributed by atoms with Crippen molar-refractivity contribution in [1.82, 2.24) is 0 Å². The van der Waals surface area contributed by atoms with Crippen LogP contribution in [-0.4, -0.2) is 34.2 Å². The molecule has 0 rings (SSSR count). The fourth-order valence-corrected chi connectivity index (χ4v) is 2.22. The van der Waals surface area contributed by atoms with Gasteiger partial charge >= 0.3 is 0 Å². The summed E-state index contributed by atoms with van der Waals surface area (Å²) in [5.74, 6) is 0.632. The van der Waals surface area contributed by atoms with Crippen LogP contribution >= 0.6 is 23.7 Å². The van der Waals surface area contributed by atoms with Crippen LogP contribution in [0.5, 0.6) is 0 Å². The molecule has 0 aliphatic rings. The van der Waals surface area contributed by atoms with Gasteiger partial charge in [0, 0.05) is 20.1 Å². The van der Waals surface area contributed by atoms with Gasteiger partial charge in [0.25, 0.3) is 0 Å². The molecule has 0 saturated carbocycles. The van der Waals surface area contributed by atoms with Gasteiger partial charge in [0.1, 0.15) is 0 Å². The summed E-state index contributed by atoms with van der Waals surface area (Å²) in [6, 6.07) is 0. The van der Waals surface area contributed by atoms with E-state index in [1.165, 1.54) is 0 Å². The molecule has 0 heterocycles. The highest BCUT2D eigenvalue weighted by Crippen LogP contribution is 2.18. The molecule has 11 heavy (non-hydrogen) atoms.